The van der Waals surface area contributed by atoms with E-state index in [1.54, 1.807) is 21.1 Å². The molecule has 1 amide bonds. The van der Waals surface area contributed by atoms with E-state index in [1.165, 1.54) is 0 Å². The van der Waals surface area contributed by atoms with E-state index in [2.05, 4.69) is 15.8 Å². The second-order valence-corrected chi connectivity index (χ2v) is 5.50. The van der Waals surface area contributed by atoms with Crippen molar-refractivity contribution in [1.29, 1.82) is 0 Å². The second kappa shape index (κ2) is 8.73. The zero-order chi connectivity index (χ0) is 18.2. The molecule has 0 heterocycles. The van der Waals surface area contributed by atoms with Crippen LogP contribution in [-0.2, 0) is 4.79 Å². The number of methoxy groups -OCH3 is 2. The van der Waals surface area contributed by atoms with Crippen LogP contribution in [0.5, 0.6) is 11.5 Å². The Labute approximate surface area is 147 Å². The summed E-state index contributed by atoms with van der Waals surface area (Å²) in [6, 6.07) is 14.4. The van der Waals surface area contributed by atoms with Crippen molar-refractivity contribution in [3.63, 3.8) is 0 Å². The number of ether oxygens (including phenoxy) is 2. The molecule has 0 aromatic heterocycles. The van der Waals surface area contributed by atoms with Crippen LogP contribution in [0, 0.1) is 0 Å². The monoisotopic (exact) mass is 341 g/mol. The van der Waals surface area contributed by atoms with Gasteiger partial charge in [0.05, 0.1) is 19.9 Å². The van der Waals surface area contributed by atoms with Gasteiger partial charge >= 0.3 is 0 Å². The number of anilines is 1. The minimum absolute atomic E-state index is 0.219. The van der Waals surface area contributed by atoms with E-state index in [0.29, 0.717) is 5.71 Å². The summed E-state index contributed by atoms with van der Waals surface area (Å²) in [6.07, 6.45) is 0. The molecule has 0 fully saturated rings. The highest BCUT2D eigenvalue weighted by atomic mass is 16.5. The van der Waals surface area contributed by atoms with Crippen LogP contribution in [0.1, 0.15) is 19.4 Å². The predicted octanol–water partition coefficient (Wildman–Crippen LogP) is 3.04. The largest absolute Gasteiger partial charge is 0.497 e. The van der Waals surface area contributed by atoms with Gasteiger partial charge in [-0.05, 0) is 67.9 Å². The normalized spacial score (nSPS) is 12.2. The summed E-state index contributed by atoms with van der Waals surface area (Å²) in [7, 11) is 3.23. The predicted molar refractivity (Wildman–Crippen MR) is 99.4 cm³/mol. The van der Waals surface area contributed by atoms with E-state index in [0.717, 1.165) is 22.7 Å². The molecule has 0 spiro atoms. The van der Waals surface area contributed by atoms with Crippen LogP contribution in [0.4, 0.5) is 5.69 Å². The number of rotatable bonds is 7. The topological polar surface area (TPSA) is 72.0 Å². The van der Waals surface area contributed by atoms with Crippen LogP contribution in [-0.4, -0.2) is 31.9 Å². The lowest BCUT2D eigenvalue weighted by atomic mass is 10.1. The van der Waals surface area contributed by atoms with Crippen LogP contribution in [0.2, 0.25) is 0 Å². The Bertz CT molecular complexity index is 725. The van der Waals surface area contributed by atoms with Crippen LogP contribution < -0.4 is 20.2 Å². The average molecular weight is 341 g/mol. The van der Waals surface area contributed by atoms with Crippen LogP contribution >= 0.6 is 0 Å². The number of hydrazone groups is 1. The van der Waals surface area contributed by atoms with Crippen LogP contribution in [0.15, 0.2) is 53.6 Å². The average Bonchev–Trinajstić information content (AvgIpc) is 2.66. The smallest absolute Gasteiger partial charge is 0.262 e. The van der Waals surface area contributed by atoms with E-state index >= 15 is 0 Å². The number of carbonyl (C=O) groups excluding carboxylic acids is 1. The van der Waals surface area contributed by atoms with Gasteiger partial charge in [-0.15, -0.1) is 0 Å². The van der Waals surface area contributed by atoms with Gasteiger partial charge in [-0.3, -0.25) is 4.79 Å². The minimum atomic E-state index is -0.430. The summed E-state index contributed by atoms with van der Waals surface area (Å²) in [4.78, 5) is 12.2. The number of hydrogen-bond donors (Lipinski definition) is 2. The number of nitrogens with one attached hydrogen (secondary N) is 2. The van der Waals surface area contributed by atoms with Gasteiger partial charge in [0.1, 0.15) is 17.5 Å². The molecule has 2 rings (SSSR count). The maximum atomic E-state index is 12.2. The number of benzene rings is 2. The summed E-state index contributed by atoms with van der Waals surface area (Å²) in [5.74, 6) is 1.32. The van der Waals surface area contributed by atoms with Crippen molar-refractivity contribution in [2.45, 2.75) is 19.9 Å². The van der Waals surface area contributed by atoms with Crippen molar-refractivity contribution in [3.05, 3.63) is 54.1 Å². The summed E-state index contributed by atoms with van der Waals surface area (Å²) in [6.45, 7) is 3.61. The number of nitrogens with zero attached hydrogens (tertiary/aromatic N) is 1. The molecule has 2 N–H and O–H groups in total. The molecule has 0 saturated carbocycles. The lowest BCUT2D eigenvalue weighted by molar-refractivity contribution is -0.121. The number of carbonyl (C=O) groups is 1. The third-order valence-corrected chi connectivity index (χ3v) is 3.71. The minimum Gasteiger partial charge on any atom is -0.497 e. The molecule has 2 aromatic carbocycles. The van der Waals surface area contributed by atoms with Crippen molar-refractivity contribution < 1.29 is 14.3 Å². The lowest BCUT2D eigenvalue weighted by Crippen LogP contribution is -2.35. The van der Waals surface area contributed by atoms with Crippen molar-refractivity contribution in [2.75, 3.05) is 19.5 Å². The Kier molecular flexibility index (Phi) is 6.39. The first-order chi connectivity index (χ1) is 12.0. The third-order valence-electron chi connectivity index (χ3n) is 3.71. The van der Waals surface area contributed by atoms with Crippen molar-refractivity contribution in [3.8, 4) is 11.5 Å². The fourth-order valence-electron chi connectivity index (χ4n) is 2.14. The van der Waals surface area contributed by atoms with E-state index in [4.69, 9.17) is 9.47 Å². The zero-order valence-electron chi connectivity index (χ0n) is 14.9. The first kappa shape index (κ1) is 18.3. The first-order valence-corrected chi connectivity index (χ1v) is 7.92. The summed E-state index contributed by atoms with van der Waals surface area (Å²) >= 11 is 0. The van der Waals surface area contributed by atoms with E-state index in [1.807, 2.05) is 55.5 Å². The fourth-order valence-corrected chi connectivity index (χ4v) is 2.14. The Morgan fingerprint density at radius 2 is 1.48 bits per heavy atom. The summed E-state index contributed by atoms with van der Waals surface area (Å²) in [5.41, 5.74) is 5.04. The molecule has 25 heavy (non-hydrogen) atoms. The van der Waals surface area contributed by atoms with E-state index < -0.39 is 6.04 Å². The van der Waals surface area contributed by atoms with Crippen LogP contribution in [0.3, 0.4) is 0 Å². The summed E-state index contributed by atoms with van der Waals surface area (Å²) in [5, 5.41) is 7.27. The third kappa shape index (κ3) is 5.24. The van der Waals surface area contributed by atoms with Gasteiger partial charge in [0.15, 0.2) is 0 Å². The first-order valence-electron chi connectivity index (χ1n) is 7.92. The van der Waals surface area contributed by atoms with Gasteiger partial charge in [0.2, 0.25) is 0 Å². The van der Waals surface area contributed by atoms with E-state index in [9.17, 15) is 4.79 Å². The standard InChI is InChI=1S/C19H23N3O3/c1-13(15-5-9-17(24-3)10-6-15)21-22-19(23)14(2)20-16-7-11-18(25-4)12-8-16/h5-12,14,20H,1-4H3,(H,22,23)/b21-13+. The quantitative estimate of drug-likeness (QED) is 0.600. The Morgan fingerprint density at radius 3 is 2.00 bits per heavy atom. The maximum Gasteiger partial charge on any atom is 0.262 e. The molecular formula is C19H23N3O3. The van der Waals surface area contributed by atoms with Gasteiger partial charge in [-0.25, -0.2) is 5.43 Å². The second-order valence-electron chi connectivity index (χ2n) is 5.50. The number of amides is 1. The van der Waals surface area contributed by atoms with Gasteiger partial charge in [0.25, 0.3) is 5.91 Å². The Balaban J connectivity index is 1.92. The molecule has 1 atom stereocenters. The van der Waals surface area contributed by atoms with Gasteiger partial charge < -0.3 is 14.8 Å². The Hall–Kier alpha value is -3.02. The lowest BCUT2D eigenvalue weighted by Gasteiger charge is -2.14. The highest BCUT2D eigenvalue weighted by Gasteiger charge is 2.12. The highest BCUT2D eigenvalue weighted by molar-refractivity contribution is 5.99. The summed E-state index contributed by atoms with van der Waals surface area (Å²) < 4.78 is 10.2. The van der Waals surface area contributed by atoms with E-state index in [-0.39, 0.29) is 5.91 Å². The zero-order valence-corrected chi connectivity index (χ0v) is 14.9. The molecule has 0 aliphatic heterocycles. The SMILES string of the molecule is COc1ccc(NC(C)C(=O)N/N=C(\C)c2ccc(OC)cc2)cc1. The molecule has 2 aromatic rings. The molecule has 0 saturated heterocycles. The highest BCUT2D eigenvalue weighted by Crippen LogP contribution is 2.16. The molecule has 0 radical (unpaired) electrons. The van der Waals surface area contributed by atoms with Crippen molar-refractivity contribution in [2.24, 2.45) is 5.10 Å². The molecule has 132 valence electrons. The number of hydrogen-bond acceptors (Lipinski definition) is 5. The molecule has 0 aliphatic rings. The fraction of sp³-hybridized carbons (Fsp3) is 0.263. The van der Waals surface area contributed by atoms with Gasteiger partial charge in [0, 0.05) is 5.69 Å². The molecule has 0 bridgehead atoms. The molecule has 0 aliphatic carbocycles. The molecule has 6 heteroatoms. The van der Waals surface area contributed by atoms with Crippen molar-refractivity contribution in [1.82, 2.24) is 5.43 Å². The van der Waals surface area contributed by atoms with Gasteiger partial charge in [-0.2, -0.15) is 5.10 Å². The molecule has 1 unspecified atom stereocenters. The van der Waals surface area contributed by atoms with Gasteiger partial charge in [-0.1, -0.05) is 0 Å². The molecule has 6 nitrogen and oxygen atoms in total. The Morgan fingerprint density at radius 1 is 0.960 bits per heavy atom. The van der Waals surface area contributed by atoms with Crippen LogP contribution in [0.25, 0.3) is 0 Å². The molecular weight excluding hydrogens is 318 g/mol. The van der Waals surface area contributed by atoms with Crippen molar-refractivity contribution >= 4 is 17.3 Å². The maximum absolute atomic E-state index is 12.2.